The van der Waals surface area contributed by atoms with Crippen LogP contribution in [0.15, 0.2) is 24.3 Å². The summed E-state index contributed by atoms with van der Waals surface area (Å²) in [5.41, 5.74) is 17.3. The minimum absolute atomic E-state index is 0.0205. The van der Waals surface area contributed by atoms with E-state index in [4.69, 9.17) is 17.2 Å². The highest BCUT2D eigenvalue weighted by Crippen LogP contribution is 2.11. The van der Waals surface area contributed by atoms with Gasteiger partial charge >= 0.3 is 0 Å². The summed E-state index contributed by atoms with van der Waals surface area (Å²) >= 11 is 0. The third-order valence-corrected chi connectivity index (χ3v) is 6.23. The van der Waals surface area contributed by atoms with Gasteiger partial charge in [0.05, 0.1) is 18.8 Å². The highest BCUT2D eigenvalue weighted by molar-refractivity contribution is 5.96. The van der Waals surface area contributed by atoms with Crippen LogP contribution >= 0.6 is 0 Å². The minimum Gasteiger partial charge on any atom is -0.508 e. The first kappa shape index (κ1) is 36.7. The van der Waals surface area contributed by atoms with E-state index in [0.29, 0.717) is 5.56 Å². The lowest BCUT2D eigenvalue weighted by atomic mass is 10.1. The van der Waals surface area contributed by atoms with Gasteiger partial charge in [0.1, 0.15) is 36.0 Å². The van der Waals surface area contributed by atoms with Crippen LogP contribution in [0.25, 0.3) is 0 Å². The van der Waals surface area contributed by atoms with E-state index >= 15 is 0 Å². The molecule has 0 saturated heterocycles. The van der Waals surface area contributed by atoms with E-state index in [9.17, 15) is 44.1 Å². The van der Waals surface area contributed by atoms with E-state index < -0.39 is 84.4 Å². The monoisotopic (exact) mass is 610 g/mol. The zero-order valence-electron chi connectivity index (χ0n) is 24.2. The van der Waals surface area contributed by atoms with Crippen molar-refractivity contribution in [1.82, 2.24) is 26.6 Å². The zero-order valence-corrected chi connectivity index (χ0v) is 24.2. The number of benzene rings is 1. The number of rotatable bonds is 17. The maximum Gasteiger partial charge on any atom is 0.245 e. The molecule has 14 N–H and O–H groups in total. The van der Waals surface area contributed by atoms with Crippen molar-refractivity contribution in [3.05, 3.63) is 29.8 Å². The van der Waals surface area contributed by atoms with Gasteiger partial charge < -0.3 is 59.1 Å². The number of aliphatic hydroxyl groups excluding tert-OH is 2. The molecule has 6 amide bonds. The second-order valence-corrected chi connectivity index (χ2v) is 9.95. The molecule has 1 rings (SSSR count). The van der Waals surface area contributed by atoms with Crippen molar-refractivity contribution < 1.29 is 44.1 Å². The smallest absolute Gasteiger partial charge is 0.245 e. The fourth-order valence-electron chi connectivity index (χ4n) is 3.63. The lowest BCUT2D eigenvalue weighted by Gasteiger charge is -2.26. The van der Waals surface area contributed by atoms with Crippen LogP contribution in [0.3, 0.4) is 0 Å². The van der Waals surface area contributed by atoms with E-state index in [1.165, 1.54) is 32.9 Å². The number of aliphatic hydroxyl groups is 2. The maximum atomic E-state index is 12.9. The molecule has 0 heterocycles. The molecule has 0 saturated carbocycles. The number of nitrogens with one attached hydrogen (secondary N) is 5. The summed E-state index contributed by atoms with van der Waals surface area (Å²) in [6.07, 6.45) is -1.32. The minimum atomic E-state index is -1.57. The van der Waals surface area contributed by atoms with Gasteiger partial charge in [-0.15, -0.1) is 0 Å². The van der Waals surface area contributed by atoms with Crippen molar-refractivity contribution in [2.75, 3.05) is 13.2 Å². The van der Waals surface area contributed by atoms with Gasteiger partial charge in [-0.3, -0.25) is 28.8 Å². The highest BCUT2D eigenvalue weighted by atomic mass is 16.3. The number of phenolic OH excluding ortho intramolecular Hbond substituents is 1. The number of carbonyl (C=O) groups excluding carboxylic acids is 6. The van der Waals surface area contributed by atoms with Crippen LogP contribution in [0, 0.1) is 0 Å². The molecular formula is C26H42N8O9. The number of hydrogen-bond donors (Lipinski definition) is 11. The molecule has 17 heteroatoms. The van der Waals surface area contributed by atoms with E-state index in [2.05, 4.69) is 26.6 Å². The number of aromatic hydroxyl groups is 1. The predicted molar refractivity (Wildman–Crippen MR) is 152 cm³/mol. The molecule has 0 aliphatic carbocycles. The molecule has 0 fully saturated rings. The van der Waals surface area contributed by atoms with Crippen LogP contribution in [0.2, 0.25) is 0 Å². The molecule has 0 aliphatic heterocycles. The molecule has 7 atom stereocenters. The van der Waals surface area contributed by atoms with Crippen molar-refractivity contribution in [2.24, 2.45) is 17.2 Å². The first-order chi connectivity index (χ1) is 20.1. The van der Waals surface area contributed by atoms with E-state index in [0.717, 1.165) is 0 Å². The van der Waals surface area contributed by atoms with E-state index in [-0.39, 0.29) is 25.1 Å². The fourth-order valence-corrected chi connectivity index (χ4v) is 3.63. The Kier molecular flexibility index (Phi) is 15.0. The Hall–Kier alpha value is -4.32. The largest absolute Gasteiger partial charge is 0.508 e. The number of amides is 6. The van der Waals surface area contributed by atoms with Gasteiger partial charge in [0, 0.05) is 0 Å². The second-order valence-electron chi connectivity index (χ2n) is 9.95. The maximum absolute atomic E-state index is 12.9. The second kappa shape index (κ2) is 17.6. The van der Waals surface area contributed by atoms with Crippen LogP contribution < -0.4 is 43.8 Å². The van der Waals surface area contributed by atoms with Gasteiger partial charge in [-0.25, -0.2) is 0 Å². The van der Waals surface area contributed by atoms with Crippen LogP contribution in [0.5, 0.6) is 5.75 Å². The molecule has 1 aromatic carbocycles. The SMILES string of the molecule is C[C@H](NC(=O)[C@H](CCN)NC(=O)[C@H](C)NC(=O)[C@@H](N)Cc1ccc(O)cc1)C(=O)N[C@H](C(=O)N[C@@H](CO)C(N)=O)[C@@H](C)O. The number of primary amides is 1. The number of phenols is 1. The third-order valence-electron chi connectivity index (χ3n) is 6.23. The summed E-state index contributed by atoms with van der Waals surface area (Å²) in [5.74, 6) is -5.03. The molecule has 17 nitrogen and oxygen atoms in total. The molecule has 0 bridgehead atoms. The lowest BCUT2D eigenvalue weighted by molar-refractivity contribution is -0.136. The first-order valence-electron chi connectivity index (χ1n) is 13.4. The van der Waals surface area contributed by atoms with Gasteiger partial charge in [-0.1, -0.05) is 12.1 Å². The molecule has 43 heavy (non-hydrogen) atoms. The topological polar surface area (TPSA) is 301 Å². The van der Waals surface area contributed by atoms with Gasteiger partial charge in [-0.2, -0.15) is 0 Å². The Morgan fingerprint density at radius 3 is 1.77 bits per heavy atom. The Balaban J connectivity index is 2.76. The average molecular weight is 611 g/mol. The highest BCUT2D eigenvalue weighted by Gasteiger charge is 2.32. The van der Waals surface area contributed by atoms with Gasteiger partial charge in [0.25, 0.3) is 0 Å². The Morgan fingerprint density at radius 1 is 0.767 bits per heavy atom. The summed E-state index contributed by atoms with van der Waals surface area (Å²) in [7, 11) is 0. The number of nitrogens with two attached hydrogens (primary N) is 3. The molecule has 0 radical (unpaired) electrons. The van der Waals surface area contributed by atoms with Crippen molar-refractivity contribution in [1.29, 1.82) is 0 Å². The molecular weight excluding hydrogens is 568 g/mol. The number of hydrogen-bond acceptors (Lipinski definition) is 11. The van der Waals surface area contributed by atoms with Crippen LogP contribution in [-0.4, -0.2) is 106 Å². The van der Waals surface area contributed by atoms with E-state index in [1.807, 2.05) is 0 Å². The molecule has 0 aliphatic rings. The van der Waals surface area contributed by atoms with Gasteiger partial charge in [-0.05, 0) is 57.9 Å². The van der Waals surface area contributed by atoms with Crippen molar-refractivity contribution >= 4 is 35.4 Å². The summed E-state index contributed by atoms with van der Waals surface area (Å²) in [4.78, 5) is 74.5. The Bertz CT molecular complexity index is 1130. The molecule has 240 valence electrons. The predicted octanol–water partition coefficient (Wildman–Crippen LogP) is -5.07. The first-order valence-corrected chi connectivity index (χ1v) is 13.4. The fraction of sp³-hybridized carbons (Fsp3) is 0.538. The lowest BCUT2D eigenvalue weighted by Crippen LogP contribution is -2.61. The standard InChI is InChI=1S/C26H42N8O9/c1-12(30-24(41)17(28)10-15-4-6-16(37)7-5-15)22(39)32-18(8-9-27)25(42)31-13(2)23(40)34-20(14(3)36)26(43)33-19(11-35)21(29)38/h4-7,12-14,17-20,35-37H,8-11,27-28H2,1-3H3,(H2,29,38)(H,30,41)(H,31,42)(H,32,39)(H,33,43)(H,34,40)/t12-,13-,14+,17-,18-,19-,20-/m0/s1. The summed E-state index contributed by atoms with van der Waals surface area (Å²) in [5, 5.41) is 40.1. The van der Waals surface area contributed by atoms with Crippen molar-refractivity contribution in [2.45, 2.75) is 76.0 Å². The van der Waals surface area contributed by atoms with Crippen molar-refractivity contribution in [3.8, 4) is 5.75 Å². The number of carbonyl (C=O) groups is 6. The van der Waals surface area contributed by atoms with Crippen LogP contribution in [0.4, 0.5) is 0 Å². The zero-order chi connectivity index (χ0) is 32.9. The molecule has 0 aromatic heterocycles. The van der Waals surface area contributed by atoms with Crippen LogP contribution in [-0.2, 0) is 35.2 Å². The third kappa shape index (κ3) is 12.2. The summed E-state index contributed by atoms with van der Waals surface area (Å²) < 4.78 is 0. The molecule has 1 aromatic rings. The summed E-state index contributed by atoms with van der Waals surface area (Å²) in [6, 6.07) is -1.47. The van der Waals surface area contributed by atoms with Gasteiger partial charge in [0.15, 0.2) is 0 Å². The van der Waals surface area contributed by atoms with Gasteiger partial charge in [0.2, 0.25) is 35.4 Å². The Morgan fingerprint density at radius 2 is 1.28 bits per heavy atom. The Labute approximate surface area is 248 Å². The molecule has 0 spiro atoms. The van der Waals surface area contributed by atoms with E-state index in [1.54, 1.807) is 12.1 Å². The van der Waals surface area contributed by atoms with Crippen LogP contribution in [0.1, 0.15) is 32.8 Å². The van der Waals surface area contributed by atoms with Crippen molar-refractivity contribution in [3.63, 3.8) is 0 Å². The summed E-state index contributed by atoms with van der Waals surface area (Å²) in [6.45, 7) is 3.03. The normalized spacial score (nSPS) is 15.8. The quantitative estimate of drug-likeness (QED) is 0.0793. The molecule has 0 unspecified atom stereocenters. The average Bonchev–Trinajstić information content (AvgIpc) is 2.94.